The average Bonchev–Trinajstić information content (AvgIpc) is 2.89. The number of nitrogens with one attached hydrogen (secondary N) is 1. The maximum Gasteiger partial charge on any atom is 0.0682 e. The fourth-order valence-electron chi connectivity index (χ4n) is 1.99. The van der Waals surface area contributed by atoms with Crippen molar-refractivity contribution in [2.24, 2.45) is 0 Å². The minimum absolute atomic E-state index is 0.0611. The van der Waals surface area contributed by atoms with E-state index in [2.05, 4.69) is 55.5 Å². The first-order valence-electron chi connectivity index (χ1n) is 6.98. The van der Waals surface area contributed by atoms with E-state index in [4.69, 9.17) is 5.11 Å². The molecule has 0 spiro atoms. The summed E-state index contributed by atoms with van der Waals surface area (Å²) in [4.78, 5) is 0. The molecule has 20 heavy (non-hydrogen) atoms. The van der Waals surface area contributed by atoms with Crippen LogP contribution in [0.3, 0.4) is 0 Å². The van der Waals surface area contributed by atoms with Crippen molar-refractivity contribution in [3.8, 4) is 5.69 Å². The van der Waals surface area contributed by atoms with Crippen molar-refractivity contribution in [1.82, 2.24) is 15.1 Å². The lowest BCUT2D eigenvalue weighted by molar-refractivity contribution is 0.292. The van der Waals surface area contributed by atoms with Crippen LogP contribution in [-0.4, -0.2) is 28.0 Å². The van der Waals surface area contributed by atoms with Crippen LogP contribution in [0, 0.1) is 0 Å². The van der Waals surface area contributed by atoms with Crippen LogP contribution >= 0.6 is 0 Å². The van der Waals surface area contributed by atoms with Crippen molar-refractivity contribution < 1.29 is 5.11 Å². The molecule has 0 fully saturated rings. The van der Waals surface area contributed by atoms with Gasteiger partial charge in [0.2, 0.25) is 0 Å². The van der Waals surface area contributed by atoms with Crippen LogP contribution in [0.2, 0.25) is 0 Å². The quantitative estimate of drug-likeness (QED) is 0.822. The average molecular weight is 273 g/mol. The van der Waals surface area contributed by atoms with Crippen molar-refractivity contribution in [2.45, 2.75) is 32.7 Å². The minimum Gasteiger partial charge on any atom is -0.395 e. The summed E-state index contributed by atoms with van der Waals surface area (Å²) in [7, 11) is 0. The lowest BCUT2D eigenvalue weighted by Gasteiger charge is -2.14. The summed E-state index contributed by atoms with van der Waals surface area (Å²) in [6.45, 7) is 8.01. The Morgan fingerprint density at radius 1 is 1.25 bits per heavy atom. The molecule has 2 rings (SSSR count). The van der Waals surface area contributed by atoms with E-state index in [0.29, 0.717) is 6.54 Å². The van der Waals surface area contributed by atoms with E-state index < -0.39 is 0 Å². The van der Waals surface area contributed by atoms with Crippen molar-refractivity contribution >= 4 is 0 Å². The van der Waals surface area contributed by atoms with E-state index in [1.165, 1.54) is 5.56 Å². The highest BCUT2D eigenvalue weighted by Gasteiger charge is 2.16. The molecule has 2 aromatic rings. The minimum atomic E-state index is 0.0611. The number of hydrogen-bond donors (Lipinski definition) is 2. The lowest BCUT2D eigenvalue weighted by atomic mass is 9.93. The Bertz CT molecular complexity index is 555. The van der Waals surface area contributed by atoms with Crippen molar-refractivity contribution in [3.63, 3.8) is 0 Å². The highest BCUT2D eigenvalue weighted by molar-refractivity contribution is 5.35. The summed E-state index contributed by atoms with van der Waals surface area (Å²) in [5.41, 5.74) is 3.39. The van der Waals surface area contributed by atoms with Gasteiger partial charge in [-0.2, -0.15) is 5.10 Å². The highest BCUT2D eigenvalue weighted by Crippen LogP contribution is 2.21. The van der Waals surface area contributed by atoms with Crippen molar-refractivity contribution in [2.75, 3.05) is 13.2 Å². The first-order valence-corrected chi connectivity index (χ1v) is 6.98. The van der Waals surface area contributed by atoms with E-state index in [-0.39, 0.29) is 12.0 Å². The summed E-state index contributed by atoms with van der Waals surface area (Å²) < 4.78 is 1.91. The molecule has 0 amide bonds. The van der Waals surface area contributed by atoms with Gasteiger partial charge >= 0.3 is 0 Å². The third-order valence-corrected chi connectivity index (χ3v) is 3.15. The smallest absolute Gasteiger partial charge is 0.0682 e. The fourth-order valence-corrected chi connectivity index (χ4v) is 1.99. The predicted octanol–water partition coefficient (Wildman–Crippen LogP) is 2.25. The van der Waals surface area contributed by atoms with Gasteiger partial charge in [-0.3, -0.25) is 0 Å². The van der Waals surface area contributed by atoms with Crippen LogP contribution in [0.5, 0.6) is 0 Å². The Morgan fingerprint density at radius 2 is 2.05 bits per heavy atom. The molecule has 4 nitrogen and oxygen atoms in total. The molecule has 4 heteroatoms. The fraction of sp³-hybridized carbons (Fsp3) is 0.438. The molecule has 2 N–H and O–H groups in total. The van der Waals surface area contributed by atoms with Gasteiger partial charge in [0.15, 0.2) is 0 Å². The van der Waals surface area contributed by atoms with Gasteiger partial charge < -0.3 is 10.4 Å². The molecule has 108 valence electrons. The van der Waals surface area contributed by atoms with Crippen LogP contribution in [0.15, 0.2) is 36.5 Å². The number of aliphatic hydroxyl groups excluding tert-OH is 1. The van der Waals surface area contributed by atoms with Crippen LogP contribution in [0.4, 0.5) is 0 Å². The second kappa shape index (κ2) is 6.20. The summed E-state index contributed by atoms with van der Waals surface area (Å²) in [6.07, 6.45) is 2.00. The second-order valence-corrected chi connectivity index (χ2v) is 5.97. The molecule has 1 aromatic carbocycles. The molecule has 0 aliphatic rings. The normalized spacial score (nSPS) is 11.8. The molecule has 0 atom stereocenters. The number of rotatable bonds is 5. The Hall–Kier alpha value is -1.65. The second-order valence-electron chi connectivity index (χ2n) is 5.97. The molecule has 0 radical (unpaired) electrons. The van der Waals surface area contributed by atoms with Gasteiger partial charge in [-0.1, -0.05) is 32.9 Å². The molecule has 1 heterocycles. The molecule has 0 saturated heterocycles. The number of aliphatic hydroxyl groups is 1. The van der Waals surface area contributed by atoms with Gasteiger partial charge in [-0.25, -0.2) is 4.68 Å². The van der Waals surface area contributed by atoms with Crippen molar-refractivity contribution in [1.29, 1.82) is 0 Å². The summed E-state index contributed by atoms with van der Waals surface area (Å²) in [5.74, 6) is 0. The molecule has 0 saturated carbocycles. The molecular weight excluding hydrogens is 250 g/mol. The zero-order chi connectivity index (χ0) is 14.6. The van der Waals surface area contributed by atoms with Gasteiger partial charge in [0.1, 0.15) is 0 Å². The predicted molar refractivity (Wildman–Crippen MR) is 81.1 cm³/mol. The van der Waals surface area contributed by atoms with E-state index in [1.807, 2.05) is 16.9 Å². The Kier molecular flexibility index (Phi) is 4.57. The Balaban J connectivity index is 2.16. The van der Waals surface area contributed by atoms with Gasteiger partial charge in [0.25, 0.3) is 0 Å². The molecule has 0 unspecified atom stereocenters. The third kappa shape index (κ3) is 3.68. The van der Waals surface area contributed by atoms with Gasteiger partial charge in [0.05, 0.1) is 18.0 Å². The SMILES string of the molecule is CC(C)(C)c1ccn(-c2cccc(CNCCO)c2)n1. The van der Waals surface area contributed by atoms with Crippen LogP contribution in [0.25, 0.3) is 5.69 Å². The Morgan fingerprint density at radius 3 is 2.70 bits per heavy atom. The van der Waals surface area contributed by atoms with Gasteiger partial charge in [-0.05, 0) is 23.8 Å². The van der Waals surface area contributed by atoms with Gasteiger partial charge in [-0.15, -0.1) is 0 Å². The molecular formula is C16H23N3O. The maximum absolute atomic E-state index is 8.78. The summed E-state index contributed by atoms with van der Waals surface area (Å²) in [5, 5.41) is 16.6. The van der Waals surface area contributed by atoms with Crippen LogP contribution in [0.1, 0.15) is 32.0 Å². The van der Waals surface area contributed by atoms with E-state index in [1.54, 1.807) is 0 Å². The number of aromatic nitrogens is 2. The molecule has 0 aliphatic heterocycles. The van der Waals surface area contributed by atoms with Gasteiger partial charge in [0, 0.05) is 24.7 Å². The zero-order valence-electron chi connectivity index (χ0n) is 12.4. The monoisotopic (exact) mass is 273 g/mol. The van der Waals surface area contributed by atoms with Crippen molar-refractivity contribution in [3.05, 3.63) is 47.8 Å². The van der Waals surface area contributed by atoms with E-state index in [9.17, 15) is 0 Å². The molecule has 0 aliphatic carbocycles. The zero-order valence-corrected chi connectivity index (χ0v) is 12.4. The largest absolute Gasteiger partial charge is 0.395 e. The number of benzene rings is 1. The number of hydrogen-bond acceptors (Lipinski definition) is 3. The molecule has 1 aromatic heterocycles. The molecule has 0 bridgehead atoms. The first kappa shape index (κ1) is 14.8. The standard InChI is InChI=1S/C16H23N3O/c1-16(2,3)15-7-9-19(18-15)14-6-4-5-13(11-14)12-17-8-10-20/h4-7,9,11,17,20H,8,10,12H2,1-3H3. The first-order chi connectivity index (χ1) is 9.50. The van der Waals surface area contributed by atoms with E-state index in [0.717, 1.165) is 17.9 Å². The topological polar surface area (TPSA) is 50.1 Å². The van der Waals surface area contributed by atoms with Crippen LogP contribution in [-0.2, 0) is 12.0 Å². The summed E-state index contributed by atoms with van der Waals surface area (Å²) in [6, 6.07) is 10.3. The maximum atomic E-state index is 8.78. The van der Waals surface area contributed by atoms with Crippen LogP contribution < -0.4 is 5.32 Å². The lowest BCUT2D eigenvalue weighted by Crippen LogP contribution is -2.17. The highest BCUT2D eigenvalue weighted by atomic mass is 16.3. The summed E-state index contributed by atoms with van der Waals surface area (Å²) >= 11 is 0. The van der Waals surface area contributed by atoms with E-state index >= 15 is 0 Å². The number of nitrogens with zero attached hydrogens (tertiary/aromatic N) is 2. The Labute approximate surface area is 120 Å². The third-order valence-electron chi connectivity index (χ3n) is 3.15.